The van der Waals surface area contributed by atoms with Gasteiger partial charge in [-0.15, -0.1) is 0 Å². The molecule has 2 aliphatic heterocycles. The minimum atomic E-state index is -0.147. The zero-order valence-electron chi connectivity index (χ0n) is 15.5. The molecular weight excluding hydrogens is 344 g/mol. The molecular formula is C21H24N2O4. The average molecular weight is 368 g/mol. The van der Waals surface area contributed by atoms with Crippen LogP contribution in [0, 0.1) is 5.41 Å². The lowest BCUT2D eigenvalue weighted by atomic mass is 9.77. The maximum absolute atomic E-state index is 12.7. The van der Waals surface area contributed by atoms with Gasteiger partial charge in [-0.3, -0.25) is 9.59 Å². The van der Waals surface area contributed by atoms with Crippen LogP contribution >= 0.6 is 0 Å². The van der Waals surface area contributed by atoms with Crippen LogP contribution in [-0.2, 0) is 17.8 Å². The number of carbonyl (C=O) groups is 1. The van der Waals surface area contributed by atoms with Crippen LogP contribution in [0.25, 0.3) is 0 Å². The number of fused-ring (bicyclic) bond motifs is 1. The third-order valence-electron chi connectivity index (χ3n) is 5.41. The minimum Gasteiger partial charge on any atom is -0.454 e. The fraction of sp³-hybridized carbons (Fsp3) is 0.429. The number of hydrogen-bond acceptors (Lipinski definition) is 4. The Balaban J connectivity index is 1.44. The van der Waals surface area contributed by atoms with E-state index in [0.29, 0.717) is 6.54 Å². The van der Waals surface area contributed by atoms with E-state index < -0.39 is 0 Å². The maximum Gasteiger partial charge on any atom is 0.250 e. The van der Waals surface area contributed by atoms with Crippen molar-refractivity contribution in [2.24, 2.45) is 5.41 Å². The Labute approximate surface area is 158 Å². The van der Waals surface area contributed by atoms with Crippen LogP contribution in [0.4, 0.5) is 0 Å². The van der Waals surface area contributed by atoms with E-state index in [4.69, 9.17) is 9.47 Å². The van der Waals surface area contributed by atoms with Gasteiger partial charge >= 0.3 is 0 Å². The summed E-state index contributed by atoms with van der Waals surface area (Å²) in [4.78, 5) is 26.5. The van der Waals surface area contributed by atoms with Crippen molar-refractivity contribution < 1.29 is 14.3 Å². The molecule has 1 aromatic heterocycles. The molecule has 1 aromatic carbocycles. The predicted molar refractivity (Wildman–Crippen MR) is 101 cm³/mol. The largest absolute Gasteiger partial charge is 0.454 e. The Morgan fingerprint density at radius 2 is 2.04 bits per heavy atom. The number of amides is 1. The number of aromatic nitrogens is 1. The molecule has 0 radical (unpaired) electrons. The Bertz CT molecular complexity index is 907. The number of piperidine rings is 1. The summed E-state index contributed by atoms with van der Waals surface area (Å²) in [6.07, 6.45) is 4.57. The molecule has 142 valence electrons. The zero-order chi connectivity index (χ0) is 18.9. The molecule has 6 heteroatoms. The quantitative estimate of drug-likeness (QED) is 0.832. The lowest BCUT2D eigenvalue weighted by molar-refractivity contribution is -0.135. The maximum atomic E-state index is 12.7. The van der Waals surface area contributed by atoms with Crippen LogP contribution in [-0.4, -0.2) is 35.3 Å². The highest BCUT2D eigenvalue weighted by Crippen LogP contribution is 2.37. The highest BCUT2D eigenvalue weighted by Gasteiger charge is 2.33. The van der Waals surface area contributed by atoms with Crippen molar-refractivity contribution in [2.45, 2.75) is 32.7 Å². The highest BCUT2D eigenvalue weighted by atomic mass is 16.7. The fourth-order valence-corrected chi connectivity index (χ4v) is 4.05. The zero-order valence-corrected chi connectivity index (χ0v) is 15.5. The molecule has 6 nitrogen and oxygen atoms in total. The number of rotatable bonds is 4. The van der Waals surface area contributed by atoms with Crippen molar-refractivity contribution in [1.82, 2.24) is 9.47 Å². The van der Waals surface area contributed by atoms with Crippen molar-refractivity contribution in [2.75, 3.05) is 19.9 Å². The van der Waals surface area contributed by atoms with E-state index in [1.54, 1.807) is 18.3 Å². The highest BCUT2D eigenvalue weighted by molar-refractivity contribution is 5.76. The smallest absolute Gasteiger partial charge is 0.250 e. The van der Waals surface area contributed by atoms with Crippen molar-refractivity contribution in [3.05, 3.63) is 58.5 Å². The summed E-state index contributed by atoms with van der Waals surface area (Å²) in [6.45, 7) is 4.04. The second kappa shape index (κ2) is 7.10. The molecule has 2 aromatic rings. The number of nitrogens with zero attached hydrogens (tertiary/aromatic N) is 2. The summed E-state index contributed by atoms with van der Waals surface area (Å²) in [5, 5.41) is 0. The molecule has 2 aliphatic rings. The van der Waals surface area contributed by atoms with Crippen LogP contribution in [0.15, 0.2) is 47.4 Å². The number of likely N-dealkylation sites (tertiary alicyclic amines) is 1. The molecule has 1 atom stereocenters. The second-order valence-electron chi connectivity index (χ2n) is 7.76. The number of benzene rings is 1. The van der Waals surface area contributed by atoms with Crippen molar-refractivity contribution in [3.8, 4) is 11.5 Å². The van der Waals surface area contributed by atoms with E-state index in [1.165, 1.54) is 16.2 Å². The first-order chi connectivity index (χ1) is 13.0. The van der Waals surface area contributed by atoms with E-state index in [-0.39, 0.29) is 30.2 Å². The van der Waals surface area contributed by atoms with Gasteiger partial charge < -0.3 is 18.9 Å². The van der Waals surface area contributed by atoms with Crippen LogP contribution < -0.4 is 15.0 Å². The van der Waals surface area contributed by atoms with Gasteiger partial charge in [0.2, 0.25) is 12.7 Å². The van der Waals surface area contributed by atoms with E-state index in [0.717, 1.165) is 37.3 Å². The first kappa shape index (κ1) is 17.6. The predicted octanol–water partition coefficient (Wildman–Crippen LogP) is 2.45. The molecule has 27 heavy (non-hydrogen) atoms. The summed E-state index contributed by atoms with van der Waals surface area (Å²) >= 11 is 0. The molecule has 0 aliphatic carbocycles. The molecule has 3 heterocycles. The SMILES string of the molecule is CC1(Cc2ccc3c(c2)OCO3)CCCN(C(=O)Cn2ccccc2=O)C1. The van der Waals surface area contributed by atoms with Crippen molar-refractivity contribution >= 4 is 5.91 Å². The summed E-state index contributed by atoms with van der Waals surface area (Å²) < 4.78 is 12.3. The lowest BCUT2D eigenvalue weighted by Crippen LogP contribution is -2.47. The van der Waals surface area contributed by atoms with Crippen LogP contribution in [0.3, 0.4) is 0 Å². The summed E-state index contributed by atoms with van der Waals surface area (Å²) in [6, 6.07) is 11.0. The number of carbonyl (C=O) groups excluding carboxylic acids is 1. The first-order valence-corrected chi connectivity index (χ1v) is 9.34. The third-order valence-corrected chi connectivity index (χ3v) is 5.41. The minimum absolute atomic E-state index is 0.0000818. The average Bonchev–Trinajstić information content (AvgIpc) is 3.11. The molecule has 0 spiro atoms. The molecule has 0 N–H and O–H groups in total. The molecule has 1 unspecified atom stereocenters. The van der Waals surface area contributed by atoms with Gasteiger partial charge in [0.05, 0.1) is 0 Å². The van der Waals surface area contributed by atoms with Gasteiger partial charge in [-0.2, -0.15) is 0 Å². The van der Waals surface area contributed by atoms with Crippen LogP contribution in [0.5, 0.6) is 11.5 Å². The van der Waals surface area contributed by atoms with Gasteiger partial charge in [-0.25, -0.2) is 0 Å². The summed E-state index contributed by atoms with van der Waals surface area (Å²) in [5.74, 6) is 1.58. The van der Waals surface area contributed by atoms with Gasteiger partial charge in [-0.05, 0) is 48.4 Å². The summed E-state index contributed by atoms with van der Waals surface area (Å²) in [5.41, 5.74) is 1.05. The normalized spacial score (nSPS) is 21.3. The van der Waals surface area contributed by atoms with Gasteiger partial charge in [-0.1, -0.05) is 19.1 Å². The number of hydrogen-bond donors (Lipinski definition) is 0. The second-order valence-corrected chi connectivity index (χ2v) is 7.76. The van der Waals surface area contributed by atoms with Crippen LogP contribution in [0.2, 0.25) is 0 Å². The van der Waals surface area contributed by atoms with Crippen LogP contribution in [0.1, 0.15) is 25.3 Å². The fourth-order valence-electron chi connectivity index (χ4n) is 4.05. The summed E-state index contributed by atoms with van der Waals surface area (Å²) in [7, 11) is 0. The molecule has 1 fully saturated rings. The Kier molecular flexibility index (Phi) is 4.64. The van der Waals surface area contributed by atoms with Crippen molar-refractivity contribution in [3.63, 3.8) is 0 Å². The third kappa shape index (κ3) is 3.84. The number of ether oxygens (including phenoxy) is 2. The van der Waals surface area contributed by atoms with Gasteiger partial charge in [0.25, 0.3) is 5.56 Å². The van der Waals surface area contributed by atoms with E-state index >= 15 is 0 Å². The molecule has 1 amide bonds. The van der Waals surface area contributed by atoms with E-state index in [2.05, 4.69) is 13.0 Å². The standard InChI is InChI=1S/C21H24N2O4/c1-21(12-16-6-7-17-18(11-16)27-15-26-17)8-4-10-23(14-21)20(25)13-22-9-3-2-5-19(22)24/h2-3,5-7,9,11H,4,8,10,12-15H2,1H3. The van der Waals surface area contributed by atoms with Gasteiger partial charge in [0.1, 0.15) is 6.54 Å². The van der Waals surface area contributed by atoms with E-state index in [1.807, 2.05) is 17.0 Å². The molecule has 0 saturated carbocycles. The van der Waals surface area contributed by atoms with E-state index in [9.17, 15) is 9.59 Å². The molecule has 1 saturated heterocycles. The molecule has 4 rings (SSSR count). The molecule has 0 bridgehead atoms. The first-order valence-electron chi connectivity index (χ1n) is 9.34. The Morgan fingerprint density at radius 1 is 1.19 bits per heavy atom. The monoisotopic (exact) mass is 368 g/mol. The number of pyridine rings is 1. The lowest BCUT2D eigenvalue weighted by Gasteiger charge is -2.41. The van der Waals surface area contributed by atoms with Crippen molar-refractivity contribution in [1.29, 1.82) is 0 Å². The Morgan fingerprint density at radius 3 is 2.89 bits per heavy atom. The van der Waals surface area contributed by atoms with Gasteiger partial charge in [0, 0.05) is 25.4 Å². The Hall–Kier alpha value is -2.76. The van der Waals surface area contributed by atoms with Gasteiger partial charge in [0.15, 0.2) is 11.5 Å². The topological polar surface area (TPSA) is 60.8 Å².